The molecule has 0 radical (unpaired) electrons. The Balaban J connectivity index is 3.47. The predicted octanol–water partition coefficient (Wildman–Crippen LogP) is 2.71. The van der Waals surface area contributed by atoms with Crippen LogP contribution in [0.4, 0.5) is 0 Å². The molecule has 4 nitrogen and oxygen atoms in total. The van der Waals surface area contributed by atoms with Gasteiger partial charge in [-0.25, -0.2) is 0 Å². The van der Waals surface area contributed by atoms with Crippen LogP contribution in [0.2, 0.25) is 0 Å². The summed E-state index contributed by atoms with van der Waals surface area (Å²) in [7, 11) is 0. The first-order valence-electron chi connectivity index (χ1n) is 7.43. The molecule has 5 heteroatoms. The Morgan fingerprint density at radius 2 is 1.90 bits per heavy atom. The van der Waals surface area contributed by atoms with Gasteiger partial charge in [-0.2, -0.15) is 0 Å². The van der Waals surface area contributed by atoms with E-state index in [9.17, 15) is 4.79 Å². The lowest BCUT2D eigenvalue weighted by molar-refractivity contribution is -0.127. The largest absolute Gasteiger partial charge is 0.378 e. The Morgan fingerprint density at radius 3 is 2.45 bits per heavy atom. The van der Waals surface area contributed by atoms with E-state index in [0.29, 0.717) is 19.8 Å². The lowest BCUT2D eigenvalue weighted by Crippen LogP contribution is -2.40. The normalized spacial score (nSPS) is 14.5. The average molecular weight is 305 g/mol. The van der Waals surface area contributed by atoms with E-state index >= 15 is 0 Å². The Hall–Kier alpha value is -0.100. The van der Waals surface area contributed by atoms with Gasteiger partial charge in [0.05, 0.1) is 24.7 Å². The van der Waals surface area contributed by atoms with Crippen molar-refractivity contribution in [2.24, 2.45) is 5.92 Å². The molecule has 0 aromatic heterocycles. The van der Waals surface area contributed by atoms with Crippen LogP contribution in [0.25, 0.3) is 0 Å². The van der Waals surface area contributed by atoms with E-state index in [0.717, 1.165) is 13.0 Å². The monoisotopic (exact) mass is 305 g/mol. The van der Waals surface area contributed by atoms with Crippen molar-refractivity contribution in [3.63, 3.8) is 0 Å². The van der Waals surface area contributed by atoms with Gasteiger partial charge in [0.1, 0.15) is 6.61 Å². The molecule has 0 fully saturated rings. The minimum absolute atomic E-state index is 0.0444. The van der Waals surface area contributed by atoms with Crippen LogP contribution in [-0.4, -0.2) is 49.9 Å². The summed E-state index contributed by atoms with van der Waals surface area (Å²) in [6, 6.07) is 0. The molecule has 0 aromatic rings. The maximum atomic E-state index is 11.3. The summed E-state index contributed by atoms with van der Waals surface area (Å²) in [5.74, 6) is 0.185. The van der Waals surface area contributed by atoms with E-state index in [1.807, 2.05) is 25.6 Å². The number of nitrogens with one attached hydrogen (secondary N) is 1. The van der Waals surface area contributed by atoms with Gasteiger partial charge in [0, 0.05) is 12.5 Å². The molecule has 0 spiro atoms. The Morgan fingerprint density at radius 1 is 1.25 bits per heavy atom. The zero-order valence-corrected chi connectivity index (χ0v) is 14.5. The maximum absolute atomic E-state index is 11.3. The third kappa shape index (κ3) is 9.75. The van der Waals surface area contributed by atoms with Crippen LogP contribution < -0.4 is 5.32 Å². The number of ketones is 1. The topological polar surface area (TPSA) is 47.6 Å². The van der Waals surface area contributed by atoms with E-state index in [4.69, 9.17) is 9.47 Å². The quantitative estimate of drug-likeness (QED) is 0.419. The van der Waals surface area contributed by atoms with Crippen molar-refractivity contribution < 1.29 is 14.3 Å². The third-order valence-electron chi connectivity index (χ3n) is 3.18. The molecule has 120 valence electrons. The number of carbonyl (C=O) groups excluding carboxylic acids is 1. The number of rotatable bonds is 13. The van der Waals surface area contributed by atoms with Gasteiger partial charge >= 0.3 is 0 Å². The van der Waals surface area contributed by atoms with E-state index in [-0.39, 0.29) is 23.2 Å². The summed E-state index contributed by atoms with van der Waals surface area (Å²) in [4.78, 5) is 11.4. The van der Waals surface area contributed by atoms with Gasteiger partial charge < -0.3 is 14.8 Å². The number of ether oxygens (including phenoxy) is 2. The summed E-state index contributed by atoms with van der Waals surface area (Å²) in [5.41, 5.74) is 0. The molecule has 20 heavy (non-hydrogen) atoms. The molecule has 0 amide bonds. The Bertz CT molecular complexity index is 262. The fourth-order valence-corrected chi connectivity index (χ4v) is 2.34. The molecular formula is C15H31NO3S. The molecule has 1 atom stereocenters. The average Bonchev–Trinajstić information content (AvgIpc) is 2.41. The minimum Gasteiger partial charge on any atom is -0.378 e. The van der Waals surface area contributed by atoms with Gasteiger partial charge in [-0.1, -0.05) is 27.2 Å². The van der Waals surface area contributed by atoms with Crippen LogP contribution in [0.3, 0.4) is 0 Å². The fourth-order valence-electron chi connectivity index (χ4n) is 1.69. The number of hydrogen-bond donors (Lipinski definition) is 1. The van der Waals surface area contributed by atoms with Crippen LogP contribution in [0.5, 0.6) is 0 Å². The van der Waals surface area contributed by atoms with Crippen molar-refractivity contribution in [1.29, 1.82) is 0 Å². The summed E-state index contributed by atoms with van der Waals surface area (Å²) in [6.45, 7) is 10.9. The highest BCUT2D eigenvalue weighted by Gasteiger charge is 2.20. The Kier molecular flexibility index (Phi) is 11.5. The zero-order valence-electron chi connectivity index (χ0n) is 13.7. The molecule has 0 aliphatic carbocycles. The van der Waals surface area contributed by atoms with Gasteiger partial charge in [-0.05, 0) is 19.6 Å². The summed E-state index contributed by atoms with van der Waals surface area (Å²) < 4.78 is 10.8. The second-order valence-electron chi connectivity index (χ2n) is 5.40. The first-order valence-corrected chi connectivity index (χ1v) is 8.66. The standard InChI is InChI=1S/C15H31NO3S/c1-6-7-15(4,20-5)16-8-9-18-10-11-19-12-14(17)13(2)3/h13,16H,6-12H2,1-5H3. The highest BCUT2D eigenvalue weighted by molar-refractivity contribution is 7.99. The predicted molar refractivity (Wildman–Crippen MR) is 86.3 cm³/mol. The van der Waals surface area contributed by atoms with Crippen LogP contribution >= 0.6 is 11.8 Å². The van der Waals surface area contributed by atoms with E-state index in [2.05, 4.69) is 25.4 Å². The maximum Gasteiger partial charge on any atom is 0.160 e. The van der Waals surface area contributed by atoms with E-state index in [1.165, 1.54) is 6.42 Å². The molecule has 0 bridgehead atoms. The second-order valence-corrected chi connectivity index (χ2v) is 6.71. The molecule has 0 aliphatic rings. The molecule has 1 N–H and O–H groups in total. The van der Waals surface area contributed by atoms with Crippen LogP contribution in [0, 0.1) is 5.92 Å². The number of Topliss-reactive ketones (excluding diaryl/α,β-unsaturated/α-hetero) is 1. The van der Waals surface area contributed by atoms with Crippen molar-refractivity contribution in [2.45, 2.75) is 45.4 Å². The Labute approximate surface area is 128 Å². The van der Waals surface area contributed by atoms with E-state index in [1.54, 1.807) is 0 Å². The SMILES string of the molecule is CCCC(C)(NCCOCCOCC(=O)C(C)C)SC. The summed E-state index contributed by atoms with van der Waals surface area (Å²) >= 11 is 1.85. The second kappa shape index (κ2) is 11.5. The minimum atomic E-state index is 0.0444. The lowest BCUT2D eigenvalue weighted by Gasteiger charge is -2.28. The molecule has 0 saturated carbocycles. The van der Waals surface area contributed by atoms with Gasteiger partial charge in [0.25, 0.3) is 0 Å². The van der Waals surface area contributed by atoms with Gasteiger partial charge in [0.15, 0.2) is 5.78 Å². The van der Waals surface area contributed by atoms with Crippen molar-refractivity contribution in [2.75, 3.05) is 39.2 Å². The van der Waals surface area contributed by atoms with Crippen LogP contribution in [0.15, 0.2) is 0 Å². The van der Waals surface area contributed by atoms with Gasteiger partial charge in [0.2, 0.25) is 0 Å². The number of hydrogen-bond acceptors (Lipinski definition) is 5. The first-order chi connectivity index (χ1) is 9.45. The molecule has 1 unspecified atom stereocenters. The third-order valence-corrected chi connectivity index (χ3v) is 4.43. The first kappa shape index (κ1) is 19.9. The number of carbonyl (C=O) groups is 1. The van der Waals surface area contributed by atoms with Crippen molar-refractivity contribution in [3.05, 3.63) is 0 Å². The highest BCUT2D eigenvalue weighted by atomic mass is 32.2. The smallest absolute Gasteiger partial charge is 0.160 e. The number of thioether (sulfide) groups is 1. The fraction of sp³-hybridized carbons (Fsp3) is 0.933. The molecule has 0 heterocycles. The van der Waals surface area contributed by atoms with Crippen LogP contribution in [-0.2, 0) is 14.3 Å². The summed E-state index contributed by atoms with van der Waals surface area (Å²) in [6.07, 6.45) is 4.45. The van der Waals surface area contributed by atoms with E-state index < -0.39 is 0 Å². The van der Waals surface area contributed by atoms with Crippen LogP contribution in [0.1, 0.15) is 40.5 Å². The van der Waals surface area contributed by atoms with Gasteiger partial charge in [-0.15, -0.1) is 11.8 Å². The lowest BCUT2D eigenvalue weighted by atomic mass is 10.1. The zero-order chi connectivity index (χ0) is 15.4. The molecule has 0 aliphatic heterocycles. The van der Waals surface area contributed by atoms with Crippen molar-refractivity contribution in [3.8, 4) is 0 Å². The van der Waals surface area contributed by atoms with Crippen molar-refractivity contribution >= 4 is 17.5 Å². The van der Waals surface area contributed by atoms with Gasteiger partial charge in [-0.3, -0.25) is 4.79 Å². The molecule has 0 rings (SSSR count). The molecule has 0 aromatic carbocycles. The van der Waals surface area contributed by atoms with Crippen molar-refractivity contribution in [1.82, 2.24) is 5.32 Å². The summed E-state index contributed by atoms with van der Waals surface area (Å²) in [5, 5.41) is 3.51. The molecular weight excluding hydrogens is 274 g/mol. The molecule has 0 saturated heterocycles. The highest BCUT2D eigenvalue weighted by Crippen LogP contribution is 2.23.